The Bertz CT molecular complexity index is 2330. The first-order valence-corrected chi connectivity index (χ1v) is 25.6. The van der Waals surface area contributed by atoms with E-state index in [2.05, 4.69) is 30.9 Å². The topological polar surface area (TPSA) is 208 Å². The minimum absolute atomic E-state index is 0.00694. The summed E-state index contributed by atoms with van der Waals surface area (Å²) >= 11 is 0. The summed E-state index contributed by atoms with van der Waals surface area (Å²) in [6.07, 6.45) is 1.40. The van der Waals surface area contributed by atoms with Crippen LogP contribution < -0.4 is 21.7 Å². The van der Waals surface area contributed by atoms with Gasteiger partial charge < -0.3 is 39.8 Å². The molecule has 23 heteroatoms. The second-order valence-electron chi connectivity index (χ2n) is 21.7. The SMILES string of the molecule is CC(C)(C)OC(=O)Nc1ccc(C2CCOC2)c(CN2CCC(F)(F)C2)n1.CC(C)(C)OC(=O)Nc1ccc(C2CCOC2)c(CO)n1.FC1(F)CCNC1.Nc1ccc(C2CCOC2)c(CN2CCC(F)(F)C2)n1. The van der Waals surface area contributed by atoms with Crippen molar-refractivity contribution in [3.8, 4) is 0 Å². The highest BCUT2D eigenvalue weighted by Crippen LogP contribution is 2.35. The number of alkyl halides is 6. The molecule has 0 saturated carbocycles. The highest BCUT2D eigenvalue weighted by atomic mass is 19.3. The van der Waals surface area contributed by atoms with Gasteiger partial charge in [0.1, 0.15) is 28.7 Å². The number of carbonyl (C=O) groups excluding carboxylic acids is 2. The van der Waals surface area contributed by atoms with Crippen molar-refractivity contribution in [3.05, 3.63) is 70.2 Å². The van der Waals surface area contributed by atoms with Crippen LogP contribution in [-0.2, 0) is 43.4 Å². The number of aliphatic hydroxyl groups excluding tert-OH is 1. The number of nitrogens with one attached hydrogen (secondary N) is 3. The largest absolute Gasteiger partial charge is 0.444 e. The van der Waals surface area contributed by atoms with Crippen molar-refractivity contribution in [1.82, 2.24) is 30.1 Å². The van der Waals surface area contributed by atoms with Gasteiger partial charge in [0.2, 0.25) is 0 Å². The van der Waals surface area contributed by atoms with Crippen LogP contribution in [0.4, 0.5) is 53.4 Å². The number of aliphatic hydroxyl groups is 1. The predicted octanol–water partition coefficient (Wildman–Crippen LogP) is 8.82. The number of hydrogen-bond acceptors (Lipinski definition) is 15. The molecular weight excluding hydrogens is 993 g/mol. The summed E-state index contributed by atoms with van der Waals surface area (Å²) < 4.78 is 104. The number of nitrogen functional groups attached to an aromatic ring is 1. The Morgan fingerprint density at radius 2 is 1.07 bits per heavy atom. The number of anilines is 3. The molecule has 0 spiro atoms. The third-order valence-corrected chi connectivity index (χ3v) is 12.9. The molecule has 6 saturated heterocycles. The maximum Gasteiger partial charge on any atom is 0.413 e. The average Bonchev–Trinajstić information content (AvgIpc) is 4.18. The number of nitrogens with zero attached hydrogens (tertiary/aromatic N) is 5. The third-order valence-electron chi connectivity index (χ3n) is 12.9. The molecule has 17 nitrogen and oxygen atoms in total. The Morgan fingerprint density at radius 1 is 0.653 bits per heavy atom. The third kappa shape index (κ3) is 19.6. The molecule has 0 radical (unpaired) electrons. The fourth-order valence-electron chi connectivity index (χ4n) is 9.28. The molecule has 9 rings (SSSR count). The van der Waals surface area contributed by atoms with Crippen LogP contribution in [0.25, 0.3) is 0 Å². The molecule has 9 heterocycles. The highest BCUT2D eigenvalue weighted by molar-refractivity contribution is 5.84. The molecule has 6 aliphatic rings. The summed E-state index contributed by atoms with van der Waals surface area (Å²) in [6, 6.07) is 11.0. The van der Waals surface area contributed by atoms with Crippen molar-refractivity contribution < 1.29 is 64.7 Å². The van der Waals surface area contributed by atoms with Gasteiger partial charge in [0.15, 0.2) is 0 Å². The number of carbonyl (C=O) groups is 2. The molecule has 3 aromatic heterocycles. The van der Waals surface area contributed by atoms with Crippen LogP contribution in [0, 0.1) is 0 Å². The molecule has 75 heavy (non-hydrogen) atoms. The van der Waals surface area contributed by atoms with Gasteiger partial charge in [-0.05, 0) is 95.7 Å². The molecule has 0 aromatic carbocycles. The van der Waals surface area contributed by atoms with Crippen LogP contribution in [0.2, 0.25) is 0 Å². The van der Waals surface area contributed by atoms with E-state index in [0.717, 1.165) is 54.9 Å². The zero-order chi connectivity index (χ0) is 54.6. The minimum atomic E-state index is -2.65. The lowest BCUT2D eigenvalue weighted by Gasteiger charge is -2.21. The van der Waals surface area contributed by atoms with Gasteiger partial charge in [-0.2, -0.15) is 0 Å². The van der Waals surface area contributed by atoms with Crippen molar-refractivity contribution in [2.75, 3.05) is 95.3 Å². The van der Waals surface area contributed by atoms with Crippen molar-refractivity contribution in [1.29, 1.82) is 0 Å². The Kier molecular flexibility index (Phi) is 20.5. The number of pyridine rings is 3. The van der Waals surface area contributed by atoms with Crippen LogP contribution in [0.5, 0.6) is 0 Å². The predicted molar refractivity (Wildman–Crippen MR) is 269 cm³/mol. The number of halogens is 6. The summed E-state index contributed by atoms with van der Waals surface area (Å²) in [7, 11) is 0. The molecule has 0 bridgehead atoms. The van der Waals surface area contributed by atoms with Gasteiger partial charge in [-0.1, -0.05) is 18.2 Å². The fourth-order valence-corrected chi connectivity index (χ4v) is 9.28. The number of ether oxygens (including phenoxy) is 5. The summed E-state index contributed by atoms with van der Waals surface area (Å²) in [5.74, 6) is -5.71. The first kappa shape index (κ1) is 59.3. The van der Waals surface area contributed by atoms with Gasteiger partial charge in [0.05, 0.1) is 63.1 Å². The van der Waals surface area contributed by atoms with Crippen LogP contribution in [0.1, 0.15) is 132 Å². The first-order valence-electron chi connectivity index (χ1n) is 25.6. The number of nitrogens with two attached hydrogens (primary N) is 1. The quantitative estimate of drug-likeness (QED) is 0.120. The van der Waals surface area contributed by atoms with E-state index >= 15 is 0 Å². The first-order chi connectivity index (χ1) is 35.2. The van der Waals surface area contributed by atoms with Gasteiger partial charge in [-0.3, -0.25) is 20.4 Å². The molecule has 0 aliphatic carbocycles. The van der Waals surface area contributed by atoms with E-state index in [-0.39, 0.29) is 57.3 Å². The molecular formula is C52H75F6N9O8. The summed E-state index contributed by atoms with van der Waals surface area (Å²) in [5, 5.41) is 17.2. The Hall–Kier alpha value is -4.91. The maximum atomic E-state index is 13.6. The van der Waals surface area contributed by atoms with Gasteiger partial charge in [-0.15, -0.1) is 0 Å². The van der Waals surface area contributed by atoms with Gasteiger partial charge in [0.25, 0.3) is 17.8 Å². The van der Waals surface area contributed by atoms with Gasteiger partial charge in [-0.25, -0.2) is 50.9 Å². The highest BCUT2D eigenvalue weighted by Gasteiger charge is 2.40. The van der Waals surface area contributed by atoms with Crippen LogP contribution >= 0.6 is 0 Å². The van der Waals surface area contributed by atoms with Crippen molar-refractivity contribution in [3.63, 3.8) is 0 Å². The van der Waals surface area contributed by atoms with E-state index < -0.39 is 41.2 Å². The number of hydrogen-bond donors (Lipinski definition) is 5. The monoisotopic (exact) mass is 1070 g/mol. The van der Waals surface area contributed by atoms with Gasteiger partial charge in [0, 0.05) is 89.6 Å². The molecule has 418 valence electrons. The van der Waals surface area contributed by atoms with Gasteiger partial charge >= 0.3 is 12.2 Å². The summed E-state index contributed by atoms with van der Waals surface area (Å²) in [5.41, 5.74) is 9.72. The molecule has 2 amide bonds. The smallest absolute Gasteiger partial charge is 0.413 e. The molecule has 3 unspecified atom stereocenters. The van der Waals surface area contributed by atoms with Crippen LogP contribution in [0.15, 0.2) is 36.4 Å². The normalized spacial score (nSPS) is 23.0. The van der Waals surface area contributed by atoms with E-state index in [0.29, 0.717) is 93.9 Å². The molecule has 6 aliphatic heterocycles. The maximum absolute atomic E-state index is 13.6. The summed E-state index contributed by atoms with van der Waals surface area (Å²) in [6.45, 7) is 16.0. The second-order valence-corrected chi connectivity index (χ2v) is 21.7. The molecule has 3 aromatic rings. The van der Waals surface area contributed by atoms with Crippen LogP contribution in [-0.4, -0.2) is 150 Å². The van der Waals surface area contributed by atoms with E-state index in [1.54, 1.807) is 69.5 Å². The number of rotatable bonds is 10. The second kappa shape index (κ2) is 26.0. The molecule has 6 N–H and O–H groups in total. The number of amides is 2. The van der Waals surface area contributed by atoms with Crippen molar-refractivity contribution >= 4 is 29.6 Å². The lowest BCUT2D eigenvalue weighted by molar-refractivity contribution is 0.0107. The molecule has 6 fully saturated rings. The lowest BCUT2D eigenvalue weighted by atomic mass is 9.96. The van der Waals surface area contributed by atoms with E-state index in [4.69, 9.17) is 29.4 Å². The van der Waals surface area contributed by atoms with Crippen molar-refractivity contribution in [2.45, 2.75) is 146 Å². The van der Waals surface area contributed by atoms with E-state index in [1.807, 2.05) is 18.2 Å². The van der Waals surface area contributed by atoms with Crippen molar-refractivity contribution in [2.24, 2.45) is 0 Å². The Labute approximate surface area is 435 Å². The Morgan fingerprint density at radius 3 is 1.40 bits per heavy atom. The standard InChI is InChI=1S/C19H27F2N3O3.C15H22N2O4.C14H19F2N3O.C4H7F2N/c1-18(2,3)27-17(25)23-16-5-4-14(13-6-9-26-11-13)15(22-16)10-24-8-7-19(20,21)12-24;1-15(2,3)21-14(19)17-13-5-4-11(12(8-18)16-13)10-6-7-20-9-10;15-14(16)4-5-19(9-14)7-12-11(1-2-13(17)18-12)10-3-6-20-8-10;5-4(6)1-2-7-3-4/h4-5,13H,6-12H2,1-3H3,(H,22,23,25);4-5,10,18H,6-9H2,1-3H3,(H,16,17,19);1-2,10H,3-9H2,(H2,17,18);7H,1-3H2. The van der Waals surface area contributed by atoms with Crippen LogP contribution in [0.3, 0.4) is 0 Å². The average molecular weight is 1070 g/mol. The fraction of sp³-hybridized carbons (Fsp3) is 0.673. The minimum Gasteiger partial charge on any atom is -0.444 e. The Balaban J connectivity index is 0.000000173. The number of likely N-dealkylation sites (tertiary alicyclic amines) is 2. The zero-order valence-corrected chi connectivity index (χ0v) is 43.9. The number of aromatic nitrogens is 3. The van der Waals surface area contributed by atoms with E-state index in [1.165, 1.54) is 0 Å². The van der Waals surface area contributed by atoms with E-state index in [9.17, 15) is 41.0 Å². The lowest BCUT2D eigenvalue weighted by Crippen LogP contribution is -2.28. The summed E-state index contributed by atoms with van der Waals surface area (Å²) in [4.78, 5) is 40.4. The zero-order valence-electron chi connectivity index (χ0n) is 43.9. The molecule has 3 atom stereocenters.